The van der Waals surface area contributed by atoms with Gasteiger partial charge in [-0.2, -0.15) is 0 Å². The number of carbonyl (C=O) groups is 2. The van der Waals surface area contributed by atoms with E-state index < -0.39 is 33.0 Å². The van der Waals surface area contributed by atoms with E-state index >= 15 is 0 Å². The van der Waals surface area contributed by atoms with E-state index in [1.807, 2.05) is 0 Å². The van der Waals surface area contributed by atoms with Crippen molar-refractivity contribution in [3.05, 3.63) is 34.4 Å². The number of sulfonamides is 1. The van der Waals surface area contributed by atoms with Gasteiger partial charge >= 0.3 is 6.09 Å². The van der Waals surface area contributed by atoms with E-state index in [2.05, 4.69) is 0 Å². The van der Waals surface area contributed by atoms with Gasteiger partial charge in [0.2, 0.25) is 15.9 Å². The molecule has 0 radical (unpaired) electrons. The fraction of sp³-hybridized carbons (Fsp3) is 0.529. The second-order valence-electron chi connectivity index (χ2n) is 6.52. The van der Waals surface area contributed by atoms with Gasteiger partial charge in [0.25, 0.3) is 5.69 Å². The first-order chi connectivity index (χ1) is 13.6. The molecule has 1 aliphatic rings. The summed E-state index contributed by atoms with van der Waals surface area (Å²) in [6, 6.07) is 4.01. The first kappa shape index (κ1) is 22.4. The summed E-state index contributed by atoms with van der Waals surface area (Å²) in [6.07, 6.45) is 0.482. The molecule has 1 atom stereocenters. The Morgan fingerprint density at radius 2 is 1.83 bits per heavy atom. The Morgan fingerprint density at radius 1 is 1.24 bits per heavy atom. The van der Waals surface area contributed by atoms with Crippen molar-refractivity contribution in [2.24, 2.45) is 0 Å². The molecule has 11 nitrogen and oxygen atoms in total. The smallest absolute Gasteiger partial charge is 0.409 e. The molecule has 1 heterocycles. The van der Waals surface area contributed by atoms with Gasteiger partial charge in [-0.3, -0.25) is 19.2 Å². The Kier molecular flexibility index (Phi) is 7.01. The Bertz CT molecular complexity index is 882. The maximum absolute atomic E-state index is 12.9. The maximum atomic E-state index is 12.9. The van der Waals surface area contributed by atoms with Crippen LogP contribution in [0.2, 0.25) is 0 Å². The van der Waals surface area contributed by atoms with Crippen LogP contribution in [0.15, 0.2) is 24.3 Å². The average molecular weight is 428 g/mol. The minimum Gasteiger partial charge on any atom is -0.450 e. The molecule has 0 spiro atoms. The second kappa shape index (κ2) is 9.07. The number of hydrogen-bond donors (Lipinski definition) is 0. The third kappa shape index (κ3) is 5.34. The standard InChI is InChI=1S/C17H24N4O7S/c1-4-28-17(23)19-10-8-18(9-11-19)16(22)13(2)20(29(3,26)27)14-6-5-7-15(12-14)21(24)25/h5-7,12-13H,4,8-11H2,1-3H3/t13-/m1/s1. The van der Waals surface area contributed by atoms with E-state index in [9.17, 15) is 28.1 Å². The quantitative estimate of drug-likeness (QED) is 0.489. The second-order valence-corrected chi connectivity index (χ2v) is 8.38. The molecule has 160 valence electrons. The van der Waals surface area contributed by atoms with Crippen molar-refractivity contribution in [3.8, 4) is 0 Å². The lowest BCUT2D eigenvalue weighted by molar-refractivity contribution is -0.384. The fourth-order valence-electron chi connectivity index (χ4n) is 3.13. The molecular weight excluding hydrogens is 404 g/mol. The third-order valence-corrected chi connectivity index (χ3v) is 5.72. The van der Waals surface area contributed by atoms with Crippen molar-refractivity contribution < 1.29 is 27.7 Å². The topological polar surface area (TPSA) is 130 Å². The largest absolute Gasteiger partial charge is 0.450 e. The van der Waals surface area contributed by atoms with Crippen molar-refractivity contribution in [2.45, 2.75) is 19.9 Å². The van der Waals surface area contributed by atoms with Gasteiger partial charge in [-0.25, -0.2) is 13.2 Å². The highest BCUT2D eigenvalue weighted by atomic mass is 32.2. The van der Waals surface area contributed by atoms with Gasteiger partial charge in [0, 0.05) is 38.3 Å². The van der Waals surface area contributed by atoms with Crippen molar-refractivity contribution in [1.29, 1.82) is 0 Å². The molecule has 0 aliphatic carbocycles. The third-order valence-electron chi connectivity index (χ3n) is 4.48. The number of non-ortho nitro benzene ring substituents is 1. The van der Waals surface area contributed by atoms with Gasteiger partial charge in [0.1, 0.15) is 6.04 Å². The number of hydrogen-bond acceptors (Lipinski definition) is 7. The van der Waals surface area contributed by atoms with Crippen LogP contribution in [0.4, 0.5) is 16.2 Å². The predicted molar refractivity (Wildman–Crippen MR) is 105 cm³/mol. The highest BCUT2D eigenvalue weighted by Gasteiger charge is 2.34. The Balaban J connectivity index is 2.19. The van der Waals surface area contributed by atoms with Gasteiger partial charge in [0.05, 0.1) is 23.5 Å². The fourth-order valence-corrected chi connectivity index (χ4v) is 4.30. The molecule has 1 aromatic carbocycles. The monoisotopic (exact) mass is 428 g/mol. The number of anilines is 1. The maximum Gasteiger partial charge on any atom is 0.409 e. The molecule has 0 aromatic heterocycles. The van der Waals surface area contributed by atoms with E-state index in [1.54, 1.807) is 6.92 Å². The zero-order valence-electron chi connectivity index (χ0n) is 16.5. The highest BCUT2D eigenvalue weighted by Crippen LogP contribution is 2.26. The molecule has 1 saturated heterocycles. The van der Waals surface area contributed by atoms with Crippen LogP contribution in [0.5, 0.6) is 0 Å². The Labute approximate surface area is 169 Å². The number of piperazine rings is 1. The molecule has 0 bridgehead atoms. The van der Waals surface area contributed by atoms with Gasteiger partial charge < -0.3 is 14.5 Å². The first-order valence-electron chi connectivity index (χ1n) is 9.00. The molecule has 0 N–H and O–H groups in total. The Hall–Kier alpha value is -2.89. The molecule has 1 aliphatic heterocycles. The molecule has 1 fully saturated rings. The lowest BCUT2D eigenvalue weighted by Gasteiger charge is -2.37. The molecule has 2 rings (SSSR count). The lowest BCUT2D eigenvalue weighted by Crippen LogP contribution is -2.56. The molecule has 12 heteroatoms. The highest BCUT2D eigenvalue weighted by molar-refractivity contribution is 7.92. The van der Waals surface area contributed by atoms with Crippen LogP contribution in [0, 0.1) is 10.1 Å². The van der Waals surface area contributed by atoms with Gasteiger partial charge in [-0.05, 0) is 19.9 Å². The molecule has 2 amide bonds. The van der Waals surface area contributed by atoms with Crippen molar-refractivity contribution >= 4 is 33.4 Å². The number of nitro groups is 1. The van der Waals surface area contributed by atoms with Crippen molar-refractivity contribution in [2.75, 3.05) is 43.3 Å². The van der Waals surface area contributed by atoms with E-state index in [-0.39, 0.29) is 44.2 Å². The number of nitro benzene ring substituents is 1. The van der Waals surface area contributed by atoms with Crippen LogP contribution in [0.3, 0.4) is 0 Å². The summed E-state index contributed by atoms with van der Waals surface area (Å²) in [5.74, 6) is -0.453. The molecule has 0 saturated carbocycles. The number of nitrogens with zero attached hydrogens (tertiary/aromatic N) is 4. The van der Waals surface area contributed by atoms with Crippen LogP contribution >= 0.6 is 0 Å². The first-order valence-corrected chi connectivity index (χ1v) is 10.9. The number of carbonyl (C=O) groups excluding carboxylic acids is 2. The molecular formula is C17H24N4O7S. The number of ether oxygens (including phenoxy) is 1. The van der Waals surface area contributed by atoms with E-state index in [0.29, 0.717) is 0 Å². The van der Waals surface area contributed by atoms with E-state index in [1.165, 1.54) is 34.9 Å². The van der Waals surface area contributed by atoms with Gasteiger partial charge in [0.15, 0.2) is 0 Å². The van der Waals surface area contributed by atoms with Crippen LogP contribution in [-0.4, -0.2) is 80.2 Å². The summed E-state index contributed by atoms with van der Waals surface area (Å²) in [4.78, 5) is 38.1. The summed E-state index contributed by atoms with van der Waals surface area (Å²) in [5, 5.41) is 11.0. The summed E-state index contributed by atoms with van der Waals surface area (Å²) >= 11 is 0. The van der Waals surface area contributed by atoms with Crippen LogP contribution in [0.25, 0.3) is 0 Å². The minimum absolute atomic E-state index is 0.0349. The summed E-state index contributed by atoms with van der Waals surface area (Å²) in [7, 11) is -3.90. The van der Waals surface area contributed by atoms with E-state index in [4.69, 9.17) is 4.74 Å². The average Bonchev–Trinajstić information content (AvgIpc) is 2.67. The van der Waals surface area contributed by atoms with Crippen molar-refractivity contribution in [3.63, 3.8) is 0 Å². The lowest BCUT2D eigenvalue weighted by atomic mass is 10.2. The summed E-state index contributed by atoms with van der Waals surface area (Å²) in [5.41, 5.74) is -0.244. The van der Waals surface area contributed by atoms with Crippen LogP contribution < -0.4 is 4.31 Å². The predicted octanol–water partition coefficient (Wildman–Crippen LogP) is 1.05. The van der Waals surface area contributed by atoms with Crippen molar-refractivity contribution in [1.82, 2.24) is 9.80 Å². The molecule has 1 aromatic rings. The molecule has 29 heavy (non-hydrogen) atoms. The number of rotatable bonds is 6. The Morgan fingerprint density at radius 3 is 2.34 bits per heavy atom. The normalized spacial score (nSPS) is 15.6. The minimum atomic E-state index is -3.90. The van der Waals surface area contributed by atoms with Gasteiger partial charge in [-0.1, -0.05) is 6.07 Å². The summed E-state index contributed by atoms with van der Waals surface area (Å²) < 4.78 is 30.6. The molecule has 0 unspecified atom stereocenters. The number of benzene rings is 1. The SMILES string of the molecule is CCOC(=O)N1CCN(C(=O)[C@@H](C)N(c2cccc([N+](=O)[O-])c2)S(C)(=O)=O)CC1. The zero-order valence-corrected chi connectivity index (χ0v) is 17.3. The van der Waals surface area contributed by atoms with Crippen LogP contribution in [-0.2, 0) is 19.6 Å². The van der Waals surface area contributed by atoms with E-state index in [0.717, 1.165) is 16.6 Å². The zero-order chi connectivity index (χ0) is 21.8. The number of amides is 2. The van der Waals surface area contributed by atoms with Crippen LogP contribution in [0.1, 0.15) is 13.8 Å². The van der Waals surface area contributed by atoms with Gasteiger partial charge in [-0.15, -0.1) is 0 Å². The summed E-state index contributed by atoms with van der Waals surface area (Å²) in [6.45, 7) is 4.39.